The molecule has 0 radical (unpaired) electrons. The second kappa shape index (κ2) is 6.38. The van der Waals surface area contributed by atoms with Gasteiger partial charge < -0.3 is 5.32 Å². The Hall–Kier alpha value is -2.43. The molecule has 2 saturated carbocycles. The lowest BCUT2D eigenvalue weighted by atomic mass is 10.0. The first-order valence-corrected chi connectivity index (χ1v) is 9.28. The first-order chi connectivity index (χ1) is 12.5. The third-order valence-corrected chi connectivity index (χ3v) is 5.79. The molecule has 0 amide bonds. The van der Waals surface area contributed by atoms with Crippen LogP contribution in [-0.4, -0.2) is 21.2 Å². The van der Waals surface area contributed by atoms with Crippen molar-refractivity contribution in [2.75, 3.05) is 0 Å². The minimum absolute atomic E-state index is 0.253. The van der Waals surface area contributed by atoms with Gasteiger partial charge in [0.05, 0.1) is 5.70 Å². The van der Waals surface area contributed by atoms with E-state index in [0.29, 0.717) is 34.6 Å². The SMILES string of the molecule is C=C(/C=C(NC1CC(C)C2CC12)\C(F)=C/C)c1n[nH]c2ncc(C)cc12. The number of aromatic nitrogens is 3. The fourth-order valence-electron chi connectivity index (χ4n) is 4.30. The molecule has 0 spiro atoms. The van der Waals surface area contributed by atoms with E-state index >= 15 is 0 Å². The molecule has 4 atom stereocenters. The normalized spacial score (nSPS) is 28.3. The van der Waals surface area contributed by atoms with Gasteiger partial charge in [0.25, 0.3) is 0 Å². The van der Waals surface area contributed by atoms with Crippen LogP contribution in [0.3, 0.4) is 0 Å². The van der Waals surface area contributed by atoms with E-state index < -0.39 is 0 Å². The molecule has 2 aromatic heterocycles. The van der Waals surface area contributed by atoms with Crippen molar-refractivity contribution in [1.82, 2.24) is 20.5 Å². The fraction of sp³-hybridized carbons (Fsp3) is 0.429. The molecule has 4 rings (SSSR count). The van der Waals surface area contributed by atoms with Gasteiger partial charge in [-0.25, -0.2) is 9.37 Å². The highest BCUT2D eigenvalue weighted by Crippen LogP contribution is 2.55. The number of halogens is 1. The average Bonchev–Trinajstić information content (AvgIpc) is 3.23. The summed E-state index contributed by atoms with van der Waals surface area (Å²) in [5, 5.41) is 11.6. The standard InChI is InChI=1S/C21H25FN4/c1-5-17(22)19(24-18-7-12(3)14-9-15(14)18)8-13(4)20-16-6-11(2)10-23-21(16)26-25-20/h5-6,8,10,12,14-15,18,24H,4,7,9H2,1-3H3,(H,23,25,26)/b17-5+,19-8+. The lowest BCUT2D eigenvalue weighted by Crippen LogP contribution is -2.29. The molecular formula is C21H25FN4. The predicted octanol–water partition coefficient (Wildman–Crippen LogP) is 4.67. The molecule has 2 aromatic rings. The third kappa shape index (κ3) is 2.96. The van der Waals surface area contributed by atoms with Crippen molar-refractivity contribution in [1.29, 1.82) is 0 Å². The topological polar surface area (TPSA) is 53.6 Å². The van der Waals surface area contributed by atoms with Gasteiger partial charge >= 0.3 is 0 Å². The molecule has 2 aliphatic carbocycles. The first-order valence-electron chi connectivity index (χ1n) is 9.28. The van der Waals surface area contributed by atoms with E-state index in [2.05, 4.69) is 34.0 Å². The molecule has 0 aliphatic heterocycles. The number of aromatic amines is 1. The van der Waals surface area contributed by atoms with Crippen LogP contribution in [0.15, 0.2) is 42.5 Å². The number of aryl methyl sites for hydroxylation is 1. The Morgan fingerprint density at radius 1 is 1.38 bits per heavy atom. The summed E-state index contributed by atoms with van der Waals surface area (Å²) in [5.74, 6) is 1.97. The highest BCUT2D eigenvalue weighted by atomic mass is 19.1. The lowest BCUT2D eigenvalue weighted by molar-refractivity contribution is 0.458. The monoisotopic (exact) mass is 352 g/mol. The van der Waals surface area contributed by atoms with Gasteiger partial charge in [0.1, 0.15) is 11.5 Å². The van der Waals surface area contributed by atoms with Gasteiger partial charge in [0.15, 0.2) is 5.65 Å². The number of nitrogens with one attached hydrogen (secondary N) is 2. The van der Waals surface area contributed by atoms with Crippen molar-refractivity contribution in [3.63, 3.8) is 0 Å². The lowest BCUT2D eigenvalue weighted by Gasteiger charge is -2.19. The fourth-order valence-corrected chi connectivity index (χ4v) is 4.30. The molecule has 2 heterocycles. The van der Waals surface area contributed by atoms with Gasteiger partial charge in [0.2, 0.25) is 0 Å². The maximum Gasteiger partial charge on any atom is 0.155 e. The molecule has 0 bridgehead atoms. The number of nitrogens with zero attached hydrogens (tertiary/aromatic N) is 2. The number of hydrogen-bond donors (Lipinski definition) is 2. The second-order valence-corrected chi connectivity index (χ2v) is 7.73. The van der Waals surface area contributed by atoms with Crippen LogP contribution in [0, 0.1) is 24.7 Å². The molecular weight excluding hydrogens is 327 g/mol. The number of H-pyrrole nitrogens is 1. The minimum atomic E-state index is -0.253. The number of hydrogen-bond acceptors (Lipinski definition) is 3. The van der Waals surface area contributed by atoms with Crippen LogP contribution in [0.25, 0.3) is 16.6 Å². The van der Waals surface area contributed by atoms with Gasteiger partial charge in [-0.3, -0.25) is 5.10 Å². The predicted molar refractivity (Wildman–Crippen MR) is 103 cm³/mol. The Labute approximate surface area is 153 Å². The summed E-state index contributed by atoms with van der Waals surface area (Å²) >= 11 is 0. The van der Waals surface area contributed by atoms with Crippen molar-refractivity contribution in [3.8, 4) is 0 Å². The van der Waals surface area contributed by atoms with E-state index in [1.807, 2.05) is 13.0 Å². The van der Waals surface area contributed by atoms with Gasteiger partial charge in [-0.15, -0.1) is 0 Å². The van der Waals surface area contributed by atoms with Crippen molar-refractivity contribution < 1.29 is 4.39 Å². The van der Waals surface area contributed by atoms with Gasteiger partial charge in [0, 0.05) is 17.6 Å². The Kier molecular flexibility index (Phi) is 4.17. The van der Waals surface area contributed by atoms with E-state index in [4.69, 9.17) is 0 Å². The summed E-state index contributed by atoms with van der Waals surface area (Å²) in [6, 6.07) is 2.37. The zero-order valence-corrected chi connectivity index (χ0v) is 15.5. The summed E-state index contributed by atoms with van der Waals surface area (Å²) in [6.07, 6.45) is 7.42. The Morgan fingerprint density at radius 3 is 2.85 bits per heavy atom. The Balaban J connectivity index is 1.63. The summed E-state index contributed by atoms with van der Waals surface area (Å²) in [4.78, 5) is 4.34. The molecule has 4 unspecified atom stereocenters. The van der Waals surface area contributed by atoms with Gasteiger partial charge in [-0.1, -0.05) is 13.5 Å². The molecule has 2 fully saturated rings. The van der Waals surface area contributed by atoms with Gasteiger partial charge in [-0.05, 0) is 73.8 Å². The smallest absolute Gasteiger partial charge is 0.155 e. The highest BCUT2D eigenvalue weighted by molar-refractivity contribution is 5.90. The molecule has 0 saturated heterocycles. The zero-order chi connectivity index (χ0) is 18.4. The molecule has 4 nitrogen and oxygen atoms in total. The zero-order valence-electron chi connectivity index (χ0n) is 15.5. The van der Waals surface area contributed by atoms with Crippen molar-refractivity contribution in [2.24, 2.45) is 17.8 Å². The molecule has 5 heteroatoms. The van der Waals surface area contributed by atoms with Crippen molar-refractivity contribution in [3.05, 3.63) is 53.8 Å². The van der Waals surface area contributed by atoms with Crippen LogP contribution in [0.1, 0.15) is 37.9 Å². The van der Waals surface area contributed by atoms with E-state index in [1.165, 1.54) is 12.5 Å². The quantitative estimate of drug-likeness (QED) is 0.769. The summed E-state index contributed by atoms with van der Waals surface area (Å²) in [5.41, 5.74) is 3.64. The molecule has 0 aromatic carbocycles. The van der Waals surface area contributed by atoms with Crippen LogP contribution >= 0.6 is 0 Å². The number of fused-ring (bicyclic) bond motifs is 2. The Morgan fingerprint density at radius 2 is 2.19 bits per heavy atom. The van der Waals surface area contributed by atoms with Crippen LogP contribution in [0.4, 0.5) is 4.39 Å². The number of allylic oxidation sites excluding steroid dienone is 4. The van der Waals surface area contributed by atoms with E-state index in [9.17, 15) is 4.39 Å². The third-order valence-electron chi connectivity index (χ3n) is 5.79. The van der Waals surface area contributed by atoms with Crippen molar-refractivity contribution in [2.45, 2.75) is 39.7 Å². The summed E-state index contributed by atoms with van der Waals surface area (Å²) < 4.78 is 14.5. The highest BCUT2D eigenvalue weighted by Gasteiger charge is 2.52. The summed E-state index contributed by atoms with van der Waals surface area (Å²) in [6.45, 7) is 10.1. The number of pyridine rings is 1. The molecule has 2 aliphatic rings. The maximum absolute atomic E-state index is 14.5. The number of rotatable bonds is 5. The molecule has 26 heavy (non-hydrogen) atoms. The van der Waals surface area contributed by atoms with Crippen LogP contribution < -0.4 is 5.32 Å². The van der Waals surface area contributed by atoms with E-state index in [1.54, 1.807) is 19.2 Å². The molecule has 136 valence electrons. The minimum Gasteiger partial charge on any atom is -0.380 e. The summed E-state index contributed by atoms with van der Waals surface area (Å²) in [7, 11) is 0. The first kappa shape index (κ1) is 17.0. The largest absolute Gasteiger partial charge is 0.380 e. The molecule has 2 N–H and O–H groups in total. The maximum atomic E-state index is 14.5. The Bertz CT molecular complexity index is 923. The van der Waals surface area contributed by atoms with Crippen LogP contribution in [-0.2, 0) is 0 Å². The average molecular weight is 352 g/mol. The van der Waals surface area contributed by atoms with E-state index in [-0.39, 0.29) is 5.83 Å². The second-order valence-electron chi connectivity index (χ2n) is 7.73. The van der Waals surface area contributed by atoms with Crippen LogP contribution in [0.5, 0.6) is 0 Å². The van der Waals surface area contributed by atoms with Gasteiger partial charge in [-0.2, -0.15) is 5.10 Å². The van der Waals surface area contributed by atoms with Crippen LogP contribution in [0.2, 0.25) is 0 Å². The van der Waals surface area contributed by atoms with E-state index in [0.717, 1.165) is 29.2 Å². The van der Waals surface area contributed by atoms with Crippen molar-refractivity contribution >= 4 is 16.6 Å².